The normalized spacial score (nSPS) is 13.8. The molecule has 0 aromatic heterocycles. The van der Waals surface area contributed by atoms with Crippen molar-refractivity contribution in [1.82, 2.24) is 5.32 Å². The van der Waals surface area contributed by atoms with Gasteiger partial charge in [0.2, 0.25) is 0 Å². The molecule has 0 bridgehead atoms. The van der Waals surface area contributed by atoms with Crippen LogP contribution in [0.25, 0.3) is 0 Å². The lowest BCUT2D eigenvalue weighted by molar-refractivity contribution is 0.396. The topological polar surface area (TPSA) is 21.3 Å². The van der Waals surface area contributed by atoms with Crippen LogP contribution in [0.3, 0.4) is 0 Å². The van der Waals surface area contributed by atoms with E-state index in [4.69, 9.17) is 4.74 Å². The second-order valence-corrected chi connectivity index (χ2v) is 6.33. The van der Waals surface area contributed by atoms with Crippen molar-refractivity contribution in [1.29, 1.82) is 0 Å². The van der Waals surface area contributed by atoms with Gasteiger partial charge in [-0.3, -0.25) is 0 Å². The Morgan fingerprint density at radius 1 is 1.05 bits per heavy atom. The Morgan fingerprint density at radius 3 is 2.48 bits per heavy atom. The zero-order valence-electron chi connectivity index (χ0n) is 13.0. The van der Waals surface area contributed by atoms with Crippen LogP contribution in [0.4, 0.5) is 0 Å². The smallest absolute Gasteiger partial charge is 0.123 e. The molecule has 0 saturated heterocycles. The van der Waals surface area contributed by atoms with Gasteiger partial charge in [0.1, 0.15) is 5.75 Å². The Labute approximate surface area is 135 Å². The number of halogens is 1. The fourth-order valence-electron chi connectivity index (χ4n) is 2.53. The number of aryl methyl sites for hydroxylation is 1. The van der Waals surface area contributed by atoms with Crippen molar-refractivity contribution in [2.75, 3.05) is 7.11 Å². The first-order chi connectivity index (χ1) is 10.0. The molecule has 112 valence electrons. The van der Waals surface area contributed by atoms with Crippen LogP contribution in [-0.2, 0) is 0 Å². The van der Waals surface area contributed by atoms with Crippen LogP contribution in [0.15, 0.2) is 46.9 Å². The van der Waals surface area contributed by atoms with E-state index in [1.807, 2.05) is 12.1 Å². The van der Waals surface area contributed by atoms with Crippen LogP contribution < -0.4 is 10.1 Å². The molecule has 2 rings (SSSR count). The zero-order chi connectivity index (χ0) is 15.4. The second-order valence-electron chi connectivity index (χ2n) is 5.41. The monoisotopic (exact) mass is 347 g/mol. The lowest BCUT2D eigenvalue weighted by atomic mass is 10.0. The van der Waals surface area contributed by atoms with E-state index in [1.54, 1.807) is 7.11 Å². The van der Waals surface area contributed by atoms with Gasteiger partial charge in [-0.25, -0.2) is 0 Å². The molecule has 0 spiro atoms. The highest BCUT2D eigenvalue weighted by molar-refractivity contribution is 9.10. The van der Waals surface area contributed by atoms with Crippen LogP contribution in [0, 0.1) is 6.92 Å². The quantitative estimate of drug-likeness (QED) is 0.804. The summed E-state index contributed by atoms with van der Waals surface area (Å²) >= 11 is 3.53. The standard InChI is InChI=1S/C18H22BrNO/c1-12-8-9-18(21-4)17(10-12)14(3)20-13(2)15-6-5-7-16(19)11-15/h5-11,13-14,20H,1-4H3. The molecule has 0 saturated carbocycles. The Kier molecular flexibility index (Phi) is 5.43. The highest BCUT2D eigenvalue weighted by Crippen LogP contribution is 2.28. The van der Waals surface area contributed by atoms with E-state index in [9.17, 15) is 0 Å². The first kappa shape index (κ1) is 16.1. The van der Waals surface area contributed by atoms with E-state index in [1.165, 1.54) is 16.7 Å². The fourth-order valence-corrected chi connectivity index (χ4v) is 2.95. The van der Waals surface area contributed by atoms with Gasteiger partial charge in [0, 0.05) is 22.1 Å². The molecule has 0 amide bonds. The van der Waals surface area contributed by atoms with E-state index in [2.05, 4.69) is 72.3 Å². The molecule has 2 unspecified atom stereocenters. The van der Waals surface area contributed by atoms with E-state index in [-0.39, 0.29) is 12.1 Å². The molecule has 2 aromatic rings. The Bertz CT molecular complexity index is 612. The lowest BCUT2D eigenvalue weighted by Crippen LogP contribution is -2.23. The molecule has 1 N–H and O–H groups in total. The van der Waals surface area contributed by atoms with Gasteiger partial charge in [-0.15, -0.1) is 0 Å². The first-order valence-electron chi connectivity index (χ1n) is 7.17. The summed E-state index contributed by atoms with van der Waals surface area (Å²) in [6.45, 7) is 6.46. The minimum Gasteiger partial charge on any atom is -0.496 e. The van der Waals surface area contributed by atoms with Crippen LogP contribution in [0.1, 0.15) is 42.6 Å². The summed E-state index contributed by atoms with van der Waals surface area (Å²) in [5.74, 6) is 0.932. The molecule has 2 nitrogen and oxygen atoms in total. The van der Waals surface area contributed by atoms with Gasteiger partial charge in [-0.05, 0) is 44.5 Å². The Hall–Kier alpha value is -1.32. The van der Waals surface area contributed by atoms with Crippen molar-refractivity contribution in [2.24, 2.45) is 0 Å². The fraction of sp³-hybridized carbons (Fsp3) is 0.333. The number of rotatable bonds is 5. The minimum atomic E-state index is 0.217. The Balaban J connectivity index is 2.17. The predicted octanol–water partition coefficient (Wildman–Crippen LogP) is 5.18. The second kappa shape index (κ2) is 7.10. The largest absolute Gasteiger partial charge is 0.496 e. The highest BCUT2D eigenvalue weighted by Gasteiger charge is 2.15. The molecule has 0 fully saturated rings. The maximum Gasteiger partial charge on any atom is 0.123 e. The molecular weight excluding hydrogens is 326 g/mol. The lowest BCUT2D eigenvalue weighted by Gasteiger charge is -2.23. The number of benzene rings is 2. The third-order valence-electron chi connectivity index (χ3n) is 3.70. The zero-order valence-corrected chi connectivity index (χ0v) is 14.6. The molecule has 0 heterocycles. The minimum absolute atomic E-state index is 0.217. The average molecular weight is 348 g/mol. The van der Waals surface area contributed by atoms with Gasteiger partial charge in [-0.1, -0.05) is 45.8 Å². The summed E-state index contributed by atoms with van der Waals surface area (Å²) < 4.78 is 6.59. The van der Waals surface area contributed by atoms with Gasteiger partial charge >= 0.3 is 0 Å². The van der Waals surface area contributed by atoms with Crippen molar-refractivity contribution in [3.63, 3.8) is 0 Å². The van der Waals surface area contributed by atoms with E-state index in [0.29, 0.717) is 0 Å². The predicted molar refractivity (Wildman–Crippen MR) is 91.8 cm³/mol. The molecule has 21 heavy (non-hydrogen) atoms. The first-order valence-corrected chi connectivity index (χ1v) is 7.96. The number of nitrogens with one attached hydrogen (secondary N) is 1. The van der Waals surface area contributed by atoms with Crippen molar-refractivity contribution in [2.45, 2.75) is 32.9 Å². The molecule has 0 aliphatic carbocycles. The van der Waals surface area contributed by atoms with E-state index in [0.717, 1.165) is 10.2 Å². The Morgan fingerprint density at radius 2 is 1.81 bits per heavy atom. The average Bonchev–Trinajstić information content (AvgIpc) is 2.47. The van der Waals surface area contributed by atoms with Crippen LogP contribution in [-0.4, -0.2) is 7.11 Å². The SMILES string of the molecule is COc1ccc(C)cc1C(C)NC(C)c1cccc(Br)c1. The summed E-state index contributed by atoms with van der Waals surface area (Å²) in [6, 6.07) is 15.2. The highest BCUT2D eigenvalue weighted by atomic mass is 79.9. The van der Waals surface area contributed by atoms with Gasteiger partial charge in [0.05, 0.1) is 7.11 Å². The number of hydrogen-bond donors (Lipinski definition) is 1. The summed E-state index contributed by atoms with van der Waals surface area (Å²) in [4.78, 5) is 0. The third-order valence-corrected chi connectivity index (χ3v) is 4.19. The molecule has 0 radical (unpaired) electrons. The van der Waals surface area contributed by atoms with E-state index >= 15 is 0 Å². The summed E-state index contributed by atoms with van der Waals surface area (Å²) in [6.07, 6.45) is 0. The van der Waals surface area contributed by atoms with Gasteiger partial charge < -0.3 is 10.1 Å². The number of hydrogen-bond acceptors (Lipinski definition) is 2. The maximum atomic E-state index is 5.48. The van der Waals surface area contributed by atoms with Crippen molar-refractivity contribution in [3.05, 3.63) is 63.6 Å². The number of methoxy groups -OCH3 is 1. The molecule has 2 atom stereocenters. The summed E-state index contributed by atoms with van der Waals surface area (Å²) in [5, 5.41) is 3.64. The van der Waals surface area contributed by atoms with Crippen molar-refractivity contribution < 1.29 is 4.74 Å². The molecule has 0 aliphatic heterocycles. The third kappa shape index (κ3) is 4.08. The van der Waals surface area contributed by atoms with E-state index < -0.39 is 0 Å². The van der Waals surface area contributed by atoms with Crippen molar-refractivity contribution >= 4 is 15.9 Å². The number of ether oxygens (including phenoxy) is 1. The molecule has 0 aliphatic rings. The van der Waals surface area contributed by atoms with Gasteiger partial charge in [-0.2, -0.15) is 0 Å². The van der Waals surface area contributed by atoms with Crippen LogP contribution >= 0.6 is 15.9 Å². The molecular formula is C18H22BrNO. The van der Waals surface area contributed by atoms with Crippen LogP contribution in [0.5, 0.6) is 5.75 Å². The summed E-state index contributed by atoms with van der Waals surface area (Å²) in [7, 11) is 1.72. The maximum absolute atomic E-state index is 5.48. The van der Waals surface area contributed by atoms with Gasteiger partial charge in [0.25, 0.3) is 0 Å². The summed E-state index contributed by atoms with van der Waals surface area (Å²) in [5.41, 5.74) is 3.71. The molecule has 2 aromatic carbocycles. The van der Waals surface area contributed by atoms with Crippen molar-refractivity contribution in [3.8, 4) is 5.75 Å². The van der Waals surface area contributed by atoms with Gasteiger partial charge in [0.15, 0.2) is 0 Å². The molecule has 3 heteroatoms. The van der Waals surface area contributed by atoms with Crippen LogP contribution in [0.2, 0.25) is 0 Å².